The summed E-state index contributed by atoms with van der Waals surface area (Å²) in [6.07, 6.45) is 0. The second-order valence-corrected chi connectivity index (χ2v) is 5.92. The molecule has 0 bridgehead atoms. The SMILES string of the molecule is CCOC(=O)C1=C(C)NC(=NC)S[C@@H]1c1ccc(C)cc1. The molecule has 4 nitrogen and oxygen atoms in total. The molecule has 112 valence electrons. The van der Waals surface area contributed by atoms with Gasteiger partial charge in [0.05, 0.1) is 17.4 Å². The topological polar surface area (TPSA) is 50.7 Å². The summed E-state index contributed by atoms with van der Waals surface area (Å²) < 4.78 is 5.21. The fourth-order valence-electron chi connectivity index (χ4n) is 2.18. The van der Waals surface area contributed by atoms with E-state index < -0.39 is 0 Å². The van der Waals surface area contributed by atoms with Crippen LogP contribution in [0, 0.1) is 6.92 Å². The van der Waals surface area contributed by atoms with Crippen molar-refractivity contribution in [2.75, 3.05) is 13.7 Å². The lowest BCUT2D eigenvalue weighted by Crippen LogP contribution is -2.30. The minimum absolute atomic E-state index is 0.0930. The second kappa shape index (κ2) is 6.80. The highest BCUT2D eigenvalue weighted by Crippen LogP contribution is 2.41. The first-order valence-electron chi connectivity index (χ1n) is 6.91. The van der Waals surface area contributed by atoms with Crippen molar-refractivity contribution in [3.8, 4) is 0 Å². The van der Waals surface area contributed by atoms with Crippen LogP contribution in [-0.2, 0) is 9.53 Å². The average Bonchev–Trinajstić information content (AvgIpc) is 2.47. The van der Waals surface area contributed by atoms with Crippen molar-refractivity contribution in [2.45, 2.75) is 26.0 Å². The molecule has 1 aromatic carbocycles. The Hall–Kier alpha value is -1.75. The number of carbonyl (C=O) groups excluding carboxylic acids is 1. The number of esters is 1. The van der Waals surface area contributed by atoms with Gasteiger partial charge in [-0.3, -0.25) is 4.99 Å². The molecule has 1 aromatic rings. The van der Waals surface area contributed by atoms with E-state index in [-0.39, 0.29) is 11.2 Å². The summed E-state index contributed by atoms with van der Waals surface area (Å²) in [7, 11) is 1.74. The molecular weight excluding hydrogens is 284 g/mol. The van der Waals surface area contributed by atoms with Gasteiger partial charge in [0, 0.05) is 12.7 Å². The Morgan fingerprint density at radius 1 is 1.33 bits per heavy atom. The number of nitrogens with zero attached hydrogens (tertiary/aromatic N) is 1. The molecule has 0 spiro atoms. The van der Waals surface area contributed by atoms with Gasteiger partial charge in [-0.25, -0.2) is 4.79 Å². The number of hydrogen-bond donors (Lipinski definition) is 1. The van der Waals surface area contributed by atoms with Crippen LogP contribution in [0.25, 0.3) is 0 Å². The summed E-state index contributed by atoms with van der Waals surface area (Å²) in [5.74, 6) is -0.268. The zero-order chi connectivity index (χ0) is 15.4. The number of amidine groups is 1. The van der Waals surface area contributed by atoms with Gasteiger partial charge in [-0.05, 0) is 26.3 Å². The molecule has 0 aromatic heterocycles. The number of ether oxygens (including phenoxy) is 1. The van der Waals surface area contributed by atoms with E-state index in [0.29, 0.717) is 12.2 Å². The van der Waals surface area contributed by atoms with Crippen molar-refractivity contribution in [1.82, 2.24) is 5.32 Å². The number of thioether (sulfide) groups is 1. The molecule has 0 radical (unpaired) electrons. The van der Waals surface area contributed by atoms with Crippen molar-refractivity contribution in [3.05, 3.63) is 46.7 Å². The van der Waals surface area contributed by atoms with E-state index in [1.54, 1.807) is 7.05 Å². The lowest BCUT2D eigenvalue weighted by atomic mass is 10.0. The number of nitrogens with one attached hydrogen (secondary N) is 1. The van der Waals surface area contributed by atoms with Gasteiger partial charge in [0.1, 0.15) is 0 Å². The van der Waals surface area contributed by atoms with Crippen LogP contribution in [0.15, 0.2) is 40.5 Å². The molecule has 0 fully saturated rings. The highest BCUT2D eigenvalue weighted by atomic mass is 32.2. The maximum Gasteiger partial charge on any atom is 0.337 e. The molecule has 1 aliphatic heterocycles. The molecule has 0 saturated heterocycles. The van der Waals surface area contributed by atoms with E-state index in [9.17, 15) is 4.79 Å². The Balaban J connectivity index is 2.44. The highest BCUT2D eigenvalue weighted by molar-refractivity contribution is 8.14. The van der Waals surface area contributed by atoms with E-state index in [4.69, 9.17) is 4.74 Å². The Kier molecular flexibility index (Phi) is 5.07. The van der Waals surface area contributed by atoms with Crippen LogP contribution < -0.4 is 5.32 Å². The molecule has 1 aliphatic rings. The number of benzene rings is 1. The van der Waals surface area contributed by atoms with Crippen LogP contribution in [0.1, 0.15) is 30.2 Å². The average molecular weight is 304 g/mol. The summed E-state index contributed by atoms with van der Waals surface area (Å²) in [6.45, 7) is 6.12. The standard InChI is InChI=1S/C16H20N2O2S/c1-5-20-15(19)13-11(3)18-16(17-4)21-14(13)12-8-6-10(2)7-9-12/h6-9,14H,5H2,1-4H3,(H,17,18)/t14-/m1/s1. The molecule has 2 rings (SSSR count). The Bertz CT molecular complexity index is 591. The predicted molar refractivity (Wildman–Crippen MR) is 87.3 cm³/mol. The minimum Gasteiger partial charge on any atom is -0.463 e. The van der Waals surface area contributed by atoms with Crippen molar-refractivity contribution in [3.63, 3.8) is 0 Å². The molecule has 1 heterocycles. The van der Waals surface area contributed by atoms with E-state index in [0.717, 1.165) is 16.4 Å². The third-order valence-electron chi connectivity index (χ3n) is 3.27. The number of carbonyl (C=O) groups is 1. The Morgan fingerprint density at radius 3 is 2.57 bits per heavy atom. The lowest BCUT2D eigenvalue weighted by Gasteiger charge is -2.27. The quantitative estimate of drug-likeness (QED) is 0.871. The molecule has 5 heteroatoms. The van der Waals surface area contributed by atoms with Gasteiger partial charge < -0.3 is 10.1 Å². The highest BCUT2D eigenvalue weighted by Gasteiger charge is 2.32. The van der Waals surface area contributed by atoms with Crippen LogP contribution in [0.4, 0.5) is 0 Å². The van der Waals surface area contributed by atoms with Gasteiger partial charge in [0.2, 0.25) is 0 Å². The molecule has 0 unspecified atom stereocenters. The second-order valence-electron chi connectivity index (χ2n) is 4.82. The van der Waals surface area contributed by atoms with Crippen LogP contribution in [0.5, 0.6) is 0 Å². The van der Waals surface area contributed by atoms with Gasteiger partial charge in [-0.15, -0.1) is 0 Å². The maximum absolute atomic E-state index is 12.3. The van der Waals surface area contributed by atoms with E-state index >= 15 is 0 Å². The predicted octanol–water partition coefficient (Wildman–Crippen LogP) is 3.20. The molecule has 0 aliphatic carbocycles. The maximum atomic E-state index is 12.3. The van der Waals surface area contributed by atoms with Crippen LogP contribution in [0.3, 0.4) is 0 Å². The summed E-state index contributed by atoms with van der Waals surface area (Å²) >= 11 is 1.54. The van der Waals surface area contributed by atoms with Gasteiger partial charge in [0.15, 0.2) is 5.17 Å². The van der Waals surface area contributed by atoms with Crippen LogP contribution in [-0.4, -0.2) is 24.8 Å². The van der Waals surface area contributed by atoms with Gasteiger partial charge >= 0.3 is 5.97 Å². The molecule has 0 saturated carbocycles. The normalized spacial score (nSPS) is 20.4. The summed E-state index contributed by atoms with van der Waals surface area (Å²) in [6, 6.07) is 8.22. The van der Waals surface area contributed by atoms with Crippen molar-refractivity contribution in [1.29, 1.82) is 0 Å². The smallest absolute Gasteiger partial charge is 0.337 e. The van der Waals surface area contributed by atoms with Crippen LogP contribution >= 0.6 is 11.8 Å². The molecule has 0 amide bonds. The molecular formula is C16H20N2O2S. The fraction of sp³-hybridized carbons (Fsp3) is 0.375. The molecule has 1 N–H and O–H groups in total. The third kappa shape index (κ3) is 3.47. The number of allylic oxidation sites excluding steroid dienone is 1. The minimum atomic E-state index is -0.268. The Labute approximate surface area is 129 Å². The van der Waals surface area contributed by atoms with Crippen molar-refractivity contribution < 1.29 is 9.53 Å². The van der Waals surface area contributed by atoms with Crippen LogP contribution in [0.2, 0.25) is 0 Å². The first-order chi connectivity index (χ1) is 10.1. The number of aliphatic imine (C=N–C) groups is 1. The van der Waals surface area contributed by atoms with E-state index in [1.165, 1.54) is 17.3 Å². The zero-order valence-electron chi connectivity index (χ0n) is 12.8. The first kappa shape index (κ1) is 15.6. The monoisotopic (exact) mass is 304 g/mol. The lowest BCUT2D eigenvalue weighted by molar-refractivity contribution is -0.138. The summed E-state index contributed by atoms with van der Waals surface area (Å²) in [5, 5.41) is 3.88. The van der Waals surface area contributed by atoms with Gasteiger partial charge in [-0.1, -0.05) is 41.6 Å². The summed E-state index contributed by atoms with van der Waals surface area (Å²) in [5.41, 5.74) is 3.74. The van der Waals surface area contributed by atoms with Gasteiger partial charge in [0.25, 0.3) is 0 Å². The Morgan fingerprint density at radius 2 is 2.00 bits per heavy atom. The third-order valence-corrected chi connectivity index (χ3v) is 4.52. The molecule has 21 heavy (non-hydrogen) atoms. The number of rotatable bonds is 3. The van der Waals surface area contributed by atoms with E-state index in [1.807, 2.05) is 20.8 Å². The summed E-state index contributed by atoms with van der Waals surface area (Å²) in [4.78, 5) is 16.5. The molecule has 1 atom stereocenters. The van der Waals surface area contributed by atoms with Crippen molar-refractivity contribution in [2.24, 2.45) is 4.99 Å². The largest absolute Gasteiger partial charge is 0.463 e. The fourth-order valence-corrected chi connectivity index (χ4v) is 3.40. The van der Waals surface area contributed by atoms with Crippen molar-refractivity contribution >= 4 is 22.9 Å². The number of hydrogen-bond acceptors (Lipinski definition) is 4. The number of aryl methyl sites for hydroxylation is 1. The zero-order valence-corrected chi connectivity index (χ0v) is 13.6. The van der Waals surface area contributed by atoms with E-state index in [2.05, 4.69) is 34.6 Å². The van der Waals surface area contributed by atoms with Gasteiger partial charge in [-0.2, -0.15) is 0 Å². The first-order valence-corrected chi connectivity index (χ1v) is 7.79.